The van der Waals surface area contributed by atoms with Gasteiger partial charge in [-0.25, -0.2) is 0 Å². The molecular weight excluding hydrogens is 384 g/mol. The van der Waals surface area contributed by atoms with E-state index >= 15 is 0 Å². The Hall–Kier alpha value is -0.993. The van der Waals surface area contributed by atoms with E-state index in [0.717, 1.165) is 0 Å². The van der Waals surface area contributed by atoms with Crippen molar-refractivity contribution in [3.8, 4) is 0 Å². The lowest BCUT2D eigenvalue weighted by molar-refractivity contribution is 0.546. The maximum Gasteiger partial charge on any atom is 0.0909 e. The first-order valence-electron chi connectivity index (χ1n) is 11.4. The van der Waals surface area contributed by atoms with Crippen molar-refractivity contribution < 1.29 is 0 Å². The molecule has 2 heteroatoms. The van der Waals surface area contributed by atoms with Gasteiger partial charge in [-0.1, -0.05) is 128 Å². The van der Waals surface area contributed by atoms with Crippen molar-refractivity contribution in [2.45, 2.75) is 102 Å². The van der Waals surface area contributed by atoms with Gasteiger partial charge in [0, 0.05) is 4.90 Å². The van der Waals surface area contributed by atoms with Crippen LogP contribution in [0.4, 0.5) is 0 Å². The Morgan fingerprint density at radius 1 is 0.759 bits per heavy atom. The molecule has 160 valence electrons. The molecule has 0 heterocycles. The summed E-state index contributed by atoms with van der Waals surface area (Å²) in [6, 6.07) is 20.4. The zero-order valence-electron chi connectivity index (χ0n) is 20.0. The van der Waals surface area contributed by atoms with Gasteiger partial charge in [0.05, 0.1) is 8.07 Å². The molecule has 0 nitrogen and oxygen atoms in total. The molecule has 0 N–H and O–H groups in total. The summed E-state index contributed by atoms with van der Waals surface area (Å²) in [4.78, 5) is 1.19. The molecule has 0 spiro atoms. The predicted molar refractivity (Wildman–Crippen MR) is 137 cm³/mol. The highest BCUT2D eigenvalue weighted by atomic mass is 32.1. The molecule has 0 unspecified atom stereocenters. The molecule has 0 bridgehead atoms. The minimum absolute atomic E-state index is 0.0968. The molecule has 0 aliphatic rings. The van der Waals surface area contributed by atoms with Crippen LogP contribution in [0, 0.1) is 0 Å². The second kappa shape index (κ2) is 9.43. The first-order chi connectivity index (χ1) is 13.4. The molecule has 0 aromatic heterocycles. The summed E-state index contributed by atoms with van der Waals surface area (Å²) in [5.74, 6) is 0. The molecule has 0 aliphatic carbocycles. The Morgan fingerprint density at radius 2 is 1.21 bits per heavy atom. The Balaban J connectivity index is 2.67. The molecular formula is C27H42SSi. The highest BCUT2D eigenvalue weighted by Gasteiger charge is 2.34. The van der Waals surface area contributed by atoms with Gasteiger partial charge in [0.1, 0.15) is 0 Å². The van der Waals surface area contributed by atoms with Gasteiger partial charge in [0.2, 0.25) is 0 Å². The van der Waals surface area contributed by atoms with Gasteiger partial charge >= 0.3 is 0 Å². The molecule has 0 saturated carbocycles. The Labute approximate surface area is 186 Å². The summed E-state index contributed by atoms with van der Waals surface area (Å²) in [7, 11) is -1.62. The molecule has 29 heavy (non-hydrogen) atoms. The highest BCUT2D eigenvalue weighted by molar-refractivity contribution is 7.80. The summed E-state index contributed by atoms with van der Waals surface area (Å²) in [6.07, 6.45) is 2.54. The second-order valence-corrected chi connectivity index (χ2v) is 15.8. The van der Waals surface area contributed by atoms with Gasteiger partial charge in [-0.3, -0.25) is 0 Å². The van der Waals surface area contributed by atoms with Crippen LogP contribution >= 0.6 is 12.6 Å². The van der Waals surface area contributed by atoms with E-state index < -0.39 is 8.07 Å². The number of hydrogen-bond donors (Lipinski definition) is 1. The van der Waals surface area contributed by atoms with Gasteiger partial charge in [-0.2, -0.15) is 0 Å². The van der Waals surface area contributed by atoms with Crippen molar-refractivity contribution in [1.82, 2.24) is 0 Å². The summed E-state index contributed by atoms with van der Waals surface area (Å²) in [5.41, 5.74) is 4.51. The molecule has 0 amide bonds. The monoisotopic (exact) mass is 426 g/mol. The van der Waals surface area contributed by atoms with Crippen molar-refractivity contribution in [3.05, 3.63) is 59.2 Å². The summed E-state index contributed by atoms with van der Waals surface area (Å²) in [6.45, 7) is 18.6. The van der Waals surface area contributed by atoms with E-state index in [0.29, 0.717) is 0 Å². The third-order valence-electron chi connectivity index (χ3n) is 6.17. The SMILES string of the molecule is CCC[Si](CCC)(Cc1cc(C(C)(C)C)c(S)c(C(C)(C)C)c1)c1ccccc1. The molecule has 2 aromatic rings. The van der Waals surface area contributed by atoms with Gasteiger partial charge in [0.15, 0.2) is 0 Å². The quantitative estimate of drug-likeness (QED) is 0.338. The van der Waals surface area contributed by atoms with Crippen molar-refractivity contribution in [1.29, 1.82) is 0 Å². The average molecular weight is 427 g/mol. The van der Waals surface area contributed by atoms with Crippen molar-refractivity contribution in [2.24, 2.45) is 0 Å². The fourth-order valence-corrected chi connectivity index (χ4v) is 10.8. The van der Waals surface area contributed by atoms with E-state index in [4.69, 9.17) is 12.6 Å². The molecule has 2 rings (SSSR count). The fourth-order valence-electron chi connectivity index (χ4n) is 4.77. The molecule has 0 saturated heterocycles. The van der Waals surface area contributed by atoms with Crippen molar-refractivity contribution in [2.75, 3.05) is 0 Å². The van der Waals surface area contributed by atoms with Crippen molar-refractivity contribution >= 4 is 25.9 Å². The molecule has 2 aromatic carbocycles. The molecule has 0 radical (unpaired) electrons. The summed E-state index contributed by atoms with van der Waals surface area (Å²) >= 11 is 5.02. The zero-order chi connectivity index (χ0) is 21.9. The van der Waals surface area contributed by atoms with Crippen LogP contribution in [0.2, 0.25) is 12.1 Å². The third kappa shape index (κ3) is 5.79. The summed E-state index contributed by atoms with van der Waals surface area (Å²) in [5, 5.41) is 1.63. The lowest BCUT2D eigenvalue weighted by atomic mass is 9.79. The van der Waals surface area contributed by atoms with Gasteiger partial charge in [-0.05, 0) is 33.6 Å². The van der Waals surface area contributed by atoms with E-state index in [9.17, 15) is 0 Å². The first-order valence-corrected chi connectivity index (χ1v) is 14.4. The van der Waals surface area contributed by atoms with Crippen LogP contribution in [-0.2, 0) is 16.9 Å². The van der Waals surface area contributed by atoms with Crippen LogP contribution in [0.3, 0.4) is 0 Å². The maximum absolute atomic E-state index is 5.02. The minimum atomic E-state index is -1.62. The normalized spacial score (nSPS) is 13.0. The average Bonchev–Trinajstić information content (AvgIpc) is 2.62. The largest absolute Gasteiger partial charge is 0.143 e. The van der Waals surface area contributed by atoms with E-state index in [1.165, 1.54) is 52.6 Å². The van der Waals surface area contributed by atoms with Crippen LogP contribution < -0.4 is 5.19 Å². The van der Waals surface area contributed by atoms with Crippen LogP contribution in [-0.4, -0.2) is 8.07 Å². The Kier molecular flexibility index (Phi) is 7.90. The number of rotatable bonds is 7. The van der Waals surface area contributed by atoms with E-state index in [2.05, 4.69) is 97.9 Å². The topological polar surface area (TPSA) is 0 Å². The van der Waals surface area contributed by atoms with Crippen LogP contribution in [0.1, 0.15) is 84.9 Å². The Bertz CT molecular complexity index is 753. The van der Waals surface area contributed by atoms with Crippen LogP contribution in [0.5, 0.6) is 0 Å². The van der Waals surface area contributed by atoms with Crippen molar-refractivity contribution in [3.63, 3.8) is 0 Å². The number of benzene rings is 2. The van der Waals surface area contributed by atoms with Crippen LogP contribution in [0.15, 0.2) is 47.4 Å². The maximum atomic E-state index is 5.02. The standard InChI is InChI=1S/C27H42SSi/c1-9-16-29(17-10-2,22-14-12-11-13-15-22)20-21-18-23(26(3,4)5)25(28)24(19-21)27(6,7)8/h11-15,18-19,28H,9-10,16-17,20H2,1-8H3. The van der Waals surface area contributed by atoms with Gasteiger partial charge in [0.25, 0.3) is 0 Å². The fraction of sp³-hybridized carbons (Fsp3) is 0.556. The number of thiol groups is 1. The third-order valence-corrected chi connectivity index (χ3v) is 12.2. The predicted octanol–water partition coefficient (Wildman–Crippen LogP) is 7.83. The smallest absolute Gasteiger partial charge is 0.0909 e. The molecule has 0 atom stereocenters. The number of hydrogen-bond acceptors (Lipinski definition) is 1. The second-order valence-electron chi connectivity index (χ2n) is 10.9. The van der Waals surface area contributed by atoms with E-state index in [1.54, 1.807) is 5.19 Å². The minimum Gasteiger partial charge on any atom is -0.143 e. The van der Waals surface area contributed by atoms with E-state index in [-0.39, 0.29) is 10.8 Å². The summed E-state index contributed by atoms with van der Waals surface area (Å²) < 4.78 is 0. The highest BCUT2D eigenvalue weighted by Crippen LogP contribution is 2.38. The van der Waals surface area contributed by atoms with Gasteiger partial charge < -0.3 is 0 Å². The lowest BCUT2D eigenvalue weighted by Crippen LogP contribution is -2.50. The Morgan fingerprint density at radius 3 is 1.59 bits per heavy atom. The zero-order valence-corrected chi connectivity index (χ0v) is 21.9. The first kappa shape index (κ1) is 24.3. The molecule has 0 aliphatic heterocycles. The lowest BCUT2D eigenvalue weighted by Gasteiger charge is -2.34. The van der Waals surface area contributed by atoms with Crippen LogP contribution in [0.25, 0.3) is 0 Å². The molecule has 0 fully saturated rings. The van der Waals surface area contributed by atoms with E-state index in [1.807, 2.05) is 0 Å². The van der Waals surface area contributed by atoms with Gasteiger partial charge in [-0.15, -0.1) is 12.6 Å².